The molecule has 1 nitrogen and oxygen atoms in total. The maximum atomic E-state index is 11.7. The number of fused-ring (bicyclic) bond motifs is 1. The van der Waals surface area contributed by atoms with Crippen molar-refractivity contribution in [3.8, 4) is 0 Å². The van der Waals surface area contributed by atoms with Gasteiger partial charge in [0.2, 0.25) is 0 Å². The van der Waals surface area contributed by atoms with Crippen molar-refractivity contribution in [2.45, 2.75) is 47.0 Å². The summed E-state index contributed by atoms with van der Waals surface area (Å²) in [6.45, 7) is 8.82. The van der Waals surface area contributed by atoms with E-state index < -0.39 is 0 Å². The Morgan fingerprint density at radius 2 is 1.94 bits per heavy atom. The summed E-state index contributed by atoms with van der Waals surface area (Å²) in [5.74, 6) is 2.21. The van der Waals surface area contributed by atoms with Gasteiger partial charge in [0.15, 0.2) is 5.78 Å². The Morgan fingerprint density at radius 1 is 1.25 bits per heavy atom. The van der Waals surface area contributed by atoms with Crippen LogP contribution in [-0.2, 0) is 4.79 Å². The second kappa shape index (κ2) is 4.20. The van der Waals surface area contributed by atoms with E-state index in [0.717, 1.165) is 6.42 Å². The second-order valence-electron chi connectivity index (χ2n) is 5.82. The van der Waals surface area contributed by atoms with Gasteiger partial charge in [-0.15, -0.1) is 0 Å². The smallest absolute Gasteiger partial charge is 0.155 e. The van der Waals surface area contributed by atoms with E-state index in [2.05, 4.69) is 27.7 Å². The fraction of sp³-hybridized carbons (Fsp3) is 0.667. The van der Waals surface area contributed by atoms with E-state index in [1.165, 1.54) is 24.0 Å². The lowest BCUT2D eigenvalue weighted by molar-refractivity contribution is -0.115. The van der Waals surface area contributed by atoms with Gasteiger partial charge in [-0.3, -0.25) is 4.79 Å². The minimum Gasteiger partial charge on any atom is -0.295 e. The standard InChI is InChI=1S/C15H22O/c1-9(2)12-7-14-10(3)5-13(16)6-11(4)15(14)8-12/h5,11,14-15H,6-8H2,1-4H3. The molecule has 0 aromatic carbocycles. The number of carbonyl (C=O) groups excluding carboxylic acids is 1. The Labute approximate surface area is 98.6 Å². The van der Waals surface area contributed by atoms with Crippen LogP contribution >= 0.6 is 0 Å². The predicted octanol–water partition coefficient (Wildman–Crippen LogP) is 3.90. The van der Waals surface area contributed by atoms with Gasteiger partial charge in [-0.2, -0.15) is 0 Å². The maximum absolute atomic E-state index is 11.7. The monoisotopic (exact) mass is 218 g/mol. The first kappa shape index (κ1) is 11.6. The number of ketones is 1. The van der Waals surface area contributed by atoms with Crippen molar-refractivity contribution in [2.75, 3.05) is 0 Å². The van der Waals surface area contributed by atoms with Crippen molar-refractivity contribution in [2.24, 2.45) is 17.8 Å². The van der Waals surface area contributed by atoms with Crippen molar-refractivity contribution >= 4 is 5.78 Å². The van der Waals surface area contributed by atoms with Crippen LogP contribution in [0.1, 0.15) is 47.0 Å². The van der Waals surface area contributed by atoms with Crippen LogP contribution in [0.2, 0.25) is 0 Å². The third-order valence-corrected chi connectivity index (χ3v) is 4.40. The predicted molar refractivity (Wildman–Crippen MR) is 67.1 cm³/mol. The Hall–Kier alpha value is -0.850. The van der Waals surface area contributed by atoms with Crippen LogP contribution in [0.3, 0.4) is 0 Å². The number of hydrogen-bond acceptors (Lipinski definition) is 1. The Kier molecular flexibility index (Phi) is 3.05. The summed E-state index contributed by atoms with van der Waals surface area (Å²) < 4.78 is 0. The molecule has 0 aromatic heterocycles. The fourth-order valence-electron chi connectivity index (χ4n) is 3.32. The molecule has 0 amide bonds. The van der Waals surface area contributed by atoms with E-state index in [9.17, 15) is 4.79 Å². The van der Waals surface area contributed by atoms with E-state index in [4.69, 9.17) is 0 Å². The number of carbonyl (C=O) groups is 1. The van der Waals surface area contributed by atoms with Crippen LogP contribution in [-0.4, -0.2) is 5.78 Å². The molecule has 2 aliphatic carbocycles. The number of allylic oxidation sites excluding steroid dienone is 4. The maximum Gasteiger partial charge on any atom is 0.155 e. The minimum atomic E-state index is 0.332. The van der Waals surface area contributed by atoms with Crippen LogP contribution in [0.25, 0.3) is 0 Å². The van der Waals surface area contributed by atoms with Gasteiger partial charge in [0.25, 0.3) is 0 Å². The molecule has 2 rings (SSSR count). The second-order valence-corrected chi connectivity index (χ2v) is 5.82. The molecule has 3 unspecified atom stereocenters. The highest BCUT2D eigenvalue weighted by Gasteiger charge is 2.37. The molecule has 1 heteroatoms. The molecule has 0 N–H and O–H groups in total. The molecule has 0 saturated heterocycles. The lowest BCUT2D eigenvalue weighted by Crippen LogP contribution is -2.16. The summed E-state index contributed by atoms with van der Waals surface area (Å²) in [6.07, 6.45) is 5.04. The molecule has 0 radical (unpaired) electrons. The largest absolute Gasteiger partial charge is 0.295 e. The molecule has 0 aliphatic heterocycles. The van der Waals surface area contributed by atoms with E-state index >= 15 is 0 Å². The lowest BCUT2D eigenvalue weighted by atomic mass is 9.82. The molecular formula is C15H22O. The third kappa shape index (κ3) is 2.00. The zero-order valence-corrected chi connectivity index (χ0v) is 10.8. The van der Waals surface area contributed by atoms with Crippen molar-refractivity contribution < 1.29 is 4.79 Å². The fourth-order valence-corrected chi connectivity index (χ4v) is 3.32. The molecule has 0 spiro atoms. The summed E-state index contributed by atoms with van der Waals surface area (Å²) in [5, 5.41) is 0. The van der Waals surface area contributed by atoms with Crippen LogP contribution in [0.5, 0.6) is 0 Å². The summed E-state index contributed by atoms with van der Waals surface area (Å²) in [5.41, 5.74) is 4.43. The van der Waals surface area contributed by atoms with Crippen LogP contribution < -0.4 is 0 Å². The molecule has 0 bridgehead atoms. The summed E-state index contributed by atoms with van der Waals surface area (Å²) >= 11 is 0. The van der Waals surface area contributed by atoms with Crippen molar-refractivity contribution in [3.63, 3.8) is 0 Å². The van der Waals surface area contributed by atoms with E-state index in [-0.39, 0.29) is 0 Å². The molecule has 88 valence electrons. The molecule has 1 fully saturated rings. The first-order valence-electron chi connectivity index (χ1n) is 6.35. The summed E-state index contributed by atoms with van der Waals surface area (Å²) in [4.78, 5) is 11.7. The van der Waals surface area contributed by atoms with Crippen molar-refractivity contribution in [1.82, 2.24) is 0 Å². The first-order chi connectivity index (χ1) is 7.49. The van der Waals surface area contributed by atoms with Gasteiger partial charge in [0, 0.05) is 6.42 Å². The normalized spacial score (nSPS) is 34.5. The average Bonchev–Trinajstić information content (AvgIpc) is 2.57. The number of hydrogen-bond donors (Lipinski definition) is 0. The third-order valence-electron chi connectivity index (χ3n) is 4.40. The molecule has 3 atom stereocenters. The Balaban J connectivity index is 2.32. The van der Waals surface area contributed by atoms with Crippen LogP contribution in [0.4, 0.5) is 0 Å². The quantitative estimate of drug-likeness (QED) is 0.563. The van der Waals surface area contributed by atoms with Crippen LogP contribution in [0, 0.1) is 17.8 Å². The van der Waals surface area contributed by atoms with E-state index in [1.54, 1.807) is 5.57 Å². The minimum absolute atomic E-state index is 0.332. The first-order valence-corrected chi connectivity index (χ1v) is 6.35. The van der Waals surface area contributed by atoms with Crippen molar-refractivity contribution in [3.05, 3.63) is 22.8 Å². The lowest BCUT2D eigenvalue weighted by Gasteiger charge is -2.22. The van der Waals surface area contributed by atoms with Gasteiger partial charge < -0.3 is 0 Å². The topological polar surface area (TPSA) is 17.1 Å². The molecular weight excluding hydrogens is 196 g/mol. The van der Waals surface area contributed by atoms with E-state index in [0.29, 0.717) is 23.5 Å². The molecule has 0 aromatic rings. The Morgan fingerprint density at radius 3 is 2.56 bits per heavy atom. The van der Waals surface area contributed by atoms with Gasteiger partial charge in [-0.05, 0) is 57.4 Å². The summed E-state index contributed by atoms with van der Waals surface area (Å²) in [7, 11) is 0. The van der Waals surface area contributed by atoms with E-state index in [1.807, 2.05) is 6.08 Å². The van der Waals surface area contributed by atoms with Gasteiger partial charge in [-0.1, -0.05) is 23.6 Å². The highest BCUT2D eigenvalue weighted by Crippen LogP contribution is 2.47. The highest BCUT2D eigenvalue weighted by atomic mass is 16.1. The zero-order chi connectivity index (χ0) is 11.9. The van der Waals surface area contributed by atoms with Crippen molar-refractivity contribution in [1.29, 1.82) is 0 Å². The van der Waals surface area contributed by atoms with Gasteiger partial charge >= 0.3 is 0 Å². The van der Waals surface area contributed by atoms with Crippen LogP contribution in [0.15, 0.2) is 22.8 Å². The summed E-state index contributed by atoms with van der Waals surface area (Å²) in [6, 6.07) is 0. The number of rotatable bonds is 0. The SMILES string of the molecule is CC1=CC(=O)CC(C)C2CC(=C(C)C)CC12. The van der Waals surface area contributed by atoms with Gasteiger partial charge in [0.05, 0.1) is 0 Å². The van der Waals surface area contributed by atoms with Gasteiger partial charge in [-0.25, -0.2) is 0 Å². The molecule has 0 heterocycles. The zero-order valence-electron chi connectivity index (χ0n) is 10.8. The highest BCUT2D eigenvalue weighted by molar-refractivity contribution is 5.90. The average molecular weight is 218 g/mol. The molecule has 1 saturated carbocycles. The molecule has 2 aliphatic rings. The Bertz CT molecular complexity index is 369. The molecule has 16 heavy (non-hydrogen) atoms. The van der Waals surface area contributed by atoms with Gasteiger partial charge in [0.1, 0.15) is 0 Å².